The molecule has 0 fully saturated rings. The molecule has 1 aromatic carbocycles. The maximum absolute atomic E-state index is 13.0. The van der Waals surface area contributed by atoms with Gasteiger partial charge in [0, 0.05) is 0 Å². The Kier molecular flexibility index (Phi) is 4.26. The Balaban J connectivity index is 2.17. The summed E-state index contributed by atoms with van der Waals surface area (Å²) >= 11 is 0. The number of nitrogens with one attached hydrogen (secondary N) is 1. The molecule has 0 saturated heterocycles. The van der Waals surface area contributed by atoms with E-state index in [4.69, 9.17) is 10.5 Å². The standard InChI is InChI=1S/C12H16F2N2O3S/c13-12(14,7-15)8-16-20(17,18)10-3-4-11-9(6-10)2-1-5-19-11/h3-4,6,16H,1-2,5,7-8,15H2. The summed E-state index contributed by atoms with van der Waals surface area (Å²) in [6.45, 7) is -1.33. The molecule has 1 aromatic rings. The van der Waals surface area contributed by atoms with Crippen LogP contribution in [0.1, 0.15) is 12.0 Å². The Morgan fingerprint density at radius 3 is 2.85 bits per heavy atom. The molecule has 5 nitrogen and oxygen atoms in total. The zero-order valence-electron chi connectivity index (χ0n) is 10.7. The van der Waals surface area contributed by atoms with Crippen molar-refractivity contribution >= 4 is 10.0 Å². The molecule has 0 atom stereocenters. The number of aryl methyl sites for hydroxylation is 1. The molecule has 0 radical (unpaired) electrons. The Bertz CT molecular complexity index is 590. The van der Waals surface area contributed by atoms with E-state index in [2.05, 4.69) is 0 Å². The Hall–Kier alpha value is -1.25. The smallest absolute Gasteiger partial charge is 0.273 e. The maximum Gasteiger partial charge on any atom is 0.273 e. The van der Waals surface area contributed by atoms with Crippen molar-refractivity contribution in [2.45, 2.75) is 23.7 Å². The molecule has 1 aliphatic heterocycles. The number of ether oxygens (including phenoxy) is 1. The summed E-state index contributed by atoms with van der Waals surface area (Å²) < 4.78 is 57.2. The lowest BCUT2D eigenvalue weighted by molar-refractivity contribution is 0.0170. The van der Waals surface area contributed by atoms with Gasteiger partial charge in [-0.25, -0.2) is 21.9 Å². The second-order valence-corrected chi connectivity index (χ2v) is 6.37. The fourth-order valence-electron chi connectivity index (χ4n) is 1.86. The summed E-state index contributed by atoms with van der Waals surface area (Å²) in [6.07, 6.45) is 1.51. The maximum atomic E-state index is 13.0. The highest BCUT2D eigenvalue weighted by molar-refractivity contribution is 7.89. The number of halogens is 2. The summed E-state index contributed by atoms with van der Waals surface area (Å²) in [6, 6.07) is 4.34. The molecule has 0 saturated carbocycles. The average Bonchev–Trinajstić information content (AvgIpc) is 2.45. The Labute approximate surface area is 116 Å². The lowest BCUT2D eigenvalue weighted by Gasteiger charge is -2.19. The summed E-state index contributed by atoms with van der Waals surface area (Å²) in [7, 11) is -3.98. The van der Waals surface area contributed by atoms with Crippen LogP contribution in [0.25, 0.3) is 0 Å². The normalized spacial score (nSPS) is 15.6. The third-order valence-electron chi connectivity index (χ3n) is 3.01. The van der Waals surface area contributed by atoms with E-state index in [0.717, 1.165) is 12.0 Å². The minimum absolute atomic E-state index is 0.0467. The molecule has 8 heteroatoms. The molecular weight excluding hydrogens is 290 g/mol. The molecule has 3 N–H and O–H groups in total. The summed E-state index contributed by atoms with van der Waals surface area (Å²) in [5.41, 5.74) is 5.63. The second-order valence-electron chi connectivity index (χ2n) is 4.61. The van der Waals surface area contributed by atoms with Crippen LogP contribution in [0.5, 0.6) is 5.75 Å². The molecule has 1 aliphatic rings. The number of hydrogen-bond donors (Lipinski definition) is 2. The average molecular weight is 306 g/mol. The van der Waals surface area contributed by atoms with E-state index in [1.54, 1.807) is 6.07 Å². The predicted octanol–water partition coefficient (Wildman–Crippen LogP) is 0.884. The molecule has 0 unspecified atom stereocenters. The van der Waals surface area contributed by atoms with Crippen molar-refractivity contribution in [3.05, 3.63) is 23.8 Å². The van der Waals surface area contributed by atoms with Gasteiger partial charge in [-0.2, -0.15) is 0 Å². The first kappa shape index (κ1) is 15.1. The molecule has 0 bridgehead atoms. The van der Waals surface area contributed by atoms with Crippen molar-refractivity contribution in [3.63, 3.8) is 0 Å². The van der Waals surface area contributed by atoms with E-state index >= 15 is 0 Å². The fraction of sp³-hybridized carbons (Fsp3) is 0.500. The topological polar surface area (TPSA) is 81.4 Å². The van der Waals surface area contributed by atoms with Crippen molar-refractivity contribution < 1.29 is 21.9 Å². The van der Waals surface area contributed by atoms with E-state index in [1.807, 2.05) is 4.72 Å². The molecule has 0 aliphatic carbocycles. The van der Waals surface area contributed by atoms with E-state index in [9.17, 15) is 17.2 Å². The third-order valence-corrected chi connectivity index (χ3v) is 4.41. The number of rotatable bonds is 5. The number of sulfonamides is 1. The summed E-state index contributed by atoms with van der Waals surface area (Å²) in [5, 5.41) is 0. The zero-order chi connectivity index (χ0) is 14.8. The van der Waals surface area contributed by atoms with Crippen LogP contribution < -0.4 is 15.2 Å². The van der Waals surface area contributed by atoms with Crippen LogP contribution in [-0.4, -0.2) is 34.0 Å². The first-order chi connectivity index (χ1) is 9.34. The highest BCUT2D eigenvalue weighted by Gasteiger charge is 2.29. The van der Waals surface area contributed by atoms with Crippen LogP contribution in [0, 0.1) is 0 Å². The van der Waals surface area contributed by atoms with Crippen LogP contribution in [0.4, 0.5) is 8.78 Å². The van der Waals surface area contributed by atoms with Gasteiger partial charge < -0.3 is 10.5 Å². The van der Waals surface area contributed by atoms with Crippen LogP contribution >= 0.6 is 0 Å². The lowest BCUT2D eigenvalue weighted by atomic mass is 10.1. The van der Waals surface area contributed by atoms with Crippen LogP contribution in [-0.2, 0) is 16.4 Å². The number of nitrogens with two attached hydrogens (primary N) is 1. The first-order valence-corrected chi connectivity index (χ1v) is 7.66. The Morgan fingerprint density at radius 2 is 2.15 bits per heavy atom. The van der Waals surface area contributed by atoms with Crippen molar-refractivity contribution in [3.8, 4) is 5.75 Å². The summed E-state index contributed by atoms with van der Waals surface area (Å²) in [4.78, 5) is -0.0467. The number of benzene rings is 1. The zero-order valence-corrected chi connectivity index (χ0v) is 11.6. The quantitative estimate of drug-likeness (QED) is 0.846. The predicted molar refractivity (Wildman–Crippen MR) is 69.4 cm³/mol. The van der Waals surface area contributed by atoms with Gasteiger partial charge in [0.05, 0.1) is 24.6 Å². The molecule has 112 valence electrons. The lowest BCUT2D eigenvalue weighted by Crippen LogP contribution is -2.41. The first-order valence-electron chi connectivity index (χ1n) is 6.17. The van der Waals surface area contributed by atoms with Crippen LogP contribution in [0.3, 0.4) is 0 Å². The van der Waals surface area contributed by atoms with E-state index in [1.165, 1.54) is 12.1 Å². The van der Waals surface area contributed by atoms with E-state index in [-0.39, 0.29) is 4.90 Å². The number of hydrogen-bond acceptors (Lipinski definition) is 4. The molecule has 1 heterocycles. The van der Waals surface area contributed by atoms with Crippen molar-refractivity contribution in [2.24, 2.45) is 5.73 Å². The van der Waals surface area contributed by atoms with Gasteiger partial charge >= 0.3 is 0 Å². The molecule has 0 amide bonds. The van der Waals surface area contributed by atoms with E-state index < -0.39 is 29.0 Å². The number of alkyl halides is 2. The molecular formula is C12H16F2N2O3S. The highest BCUT2D eigenvalue weighted by Crippen LogP contribution is 2.27. The molecule has 0 spiro atoms. The van der Waals surface area contributed by atoms with Gasteiger partial charge in [0.25, 0.3) is 5.92 Å². The van der Waals surface area contributed by atoms with E-state index in [0.29, 0.717) is 18.8 Å². The SMILES string of the molecule is NCC(F)(F)CNS(=O)(=O)c1ccc2c(c1)CCCO2. The van der Waals surface area contributed by atoms with Crippen molar-refractivity contribution in [2.75, 3.05) is 19.7 Å². The van der Waals surface area contributed by atoms with Crippen molar-refractivity contribution in [1.29, 1.82) is 0 Å². The number of fused-ring (bicyclic) bond motifs is 1. The van der Waals surface area contributed by atoms with Gasteiger partial charge in [0.15, 0.2) is 0 Å². The van der Waals surface area contributed by atoms with Crippen LogP contribution in [0.2, 0.25) is 0 Å². The third kappa shape index (κ3) is 3.44. The fourth-order valence-corrected chi connectivity index (χ4v) is 2.97. The van der Waals surface area contributed by atoms with Gasteiger partial charge in [-0.3, -0.25) is 0 Å². The molecule has 20 heavy (non-hydrogen) atoms. The molecule has 0 aromatic heterocycles. The van der Waals surface area contributed by atoms with Gasteiger partial charge in [0.2, 0.25) is 10.0 Å². The largest absolute Gasteiger partial charge is 0.493 e. The van der Waals surface area contributed by atoms with Gasteiger partial charge in [-0.1, -0.05) is 0 Å². The van der Waals surface area contributed by atoms with Gasteiger partial charge in [-0.15, -0.1) is 0 Å². The van der Waals surface area contributed by atoms with Gasteiger partial charge in [-0.05, 0) is 36.6 Å². The van der Waals surface area contributed by atoms with Crippen molar-refractivity contribution in [1.82, 2.24) is 4.72 Å². The van der Waals surface area contributed by atoms with Gasteiger partial charge in [0.1, 0.15) is 5.75 Å². The monoisotopic (exact) mass is 306 g/mol. The highest BCUT2D eigenvalue weighted by atomic mass is 32.2. The minimum Gasteiger partial charge on any atom is -0.493 e. The second kappa shape index (κ2) is 5.63. The summed E-state index contributed by atoms with van der Waals surface area (Å²) in [5.74, 6) is -2.62. The Morgan fingerprint density at radius 1 is 1.40 bits per heavy atom. The minimum atomic E-state index is -3.98. The van der Waals surface area contributed by atoms with Crippen LogP contribution in [0.15, 0.2) is 23.1 Å². The molecule has 2 rings (SSSR count).